The lowest BCUT2D eigenvalue weighted by atomic mass is 9.86. The Bertz CT molecular complexity index is 1480. The summed E-state index contributed by atoms with van der Waals surface area (Å²) >= 11 is 1.50. The van der Waals surface area contributed by atoms with Crippen LogP contribution in [0.5, 0.6) is 0 Å². The highest BCUT2D eigenvalue weighted by atomic mass is 32.1. The Morgan fingerprint density at radius 3 is 2.06 bits per heavy atom. The fourth-order valence-electron chi connectivity index (χ4n) is 7.15. The molecule has 2 N–H and O–H groups in total. The first-order valence-electron chi connectivity index (χ1n) is 19.1. The molecule has 0 spiro atoms. The highest BCUT2D eigenvalue weighted by Gasteiger charge is 2.29. The summed E-state index contributed by atoms with van der Waals surface area (Å²) in [5.74, 6) is 1.59. The van der Waals surface area contributed by atoms with Crippen molar-refractivity contribution in [2.45, 2.75) is 123 Å². The molecule has 3 aliphatic rings. The van der Waals surface area contributed by atoms with Gasteiger partial charge < -0.3 is 20.2 Å². The third-order valence-corrected chi connectivity index (χ3v) is 11.5. The van der Waals surface area contributed by atoms with E-state index in [9.17, 15) is 9.59 Å². The highest BCUT2D eigenvalue weighted by Crippen LogP contribution is 2.30. The number of carboxylic acid groups (broad SMARTS) is 1. The lowest BCUT2D eigenvalue weighted by molar-refractivity contribution is -0.132. The van der Waals surface area contributed by atoms with Gasteiger partial charge in [0.05, 0.1) is 23.0 Å². The van der Waals surface area contributed by atoms with Crippen molar-refractivity contribution in [3.8, 4) is 11.4 Å². The molecule has 2 aliphatic heterocycles. The van der Waals surface area contributed by atoms with Gasteiger partial charge in [-0.1, -0.05) is 96.9 Å². The minimum Gasteiger partial charge on any atom is -0.483 e. The topological polar surface area (TPSA) is 116 Å². The summed E-state index contributed by atoms with van der Waals surface area (Å²) in [4.78, 5) is 50.2. The van der Waals surface area contributed by atoms with Gasteiger partial charge in [0.15, 0.2) is 5.82 Å². The summed E-state index contributed by atoms with van der Waals surface area (Å²) in [6, 6.07) is 11.3. The van der Waals surface area contributed by atoms with E-state index in [2.05, 4.69) is 47.9 Å². The molecular weight excluding hydrogens is 659 g/mol. The van der Waals surface area contributed by atoms with E-state index in [0.717, 1.165) is 66.6 Å². The Balaban J connectivity index is 0.000000415. The molecule has 51 heavy (non-hydrogen) atoms. The number of piperidine rings is 1. The van der Waals surface area contributed by atoms with Gasteiger partial charge >= 0.3 is 0 Å². The van der Waals surface area contributed by atoms with Crippen molar-refractivity contribution >= 4 is 35.3 Å². The van der Waals surface area contributed by atoms with Crippen LogP contribution in [0.25, 0.3) is 11.4 Å². The molecule has 1 saturated carbocycles. The van der Waals surface area contributed by atoms with Gasteiger partial charge in [0.1, 0.15) is 6.04 Å². The third-order valence-electron chi connectivity index (χ3n) is 10.0. The van der Waals surface area contributed by atoms with Crippen LogP contribution in [0.15, 0.2) is 48.8 Å². The number of nitrogens with zero attached hydrogens (tertiary/aromatic N) is 4. The number of carbonyl (C=O) groups excluding carboxylic acids is 2. The zero-order valence-electron chi connectivity index (χ0n) is 31.2. The minimum atomic E-state index is -0.610. The number of amides is 2. The fraction of sp³-hybridized carbons (Fsp3) is 0.585. The van der Waals surface area contributed by atoms with Crippen LogP contribution in [0, 0.1) is 5.92 Å². The van der Waals surface area contributed by atoms with E-state index in [0.29, 0.717) is 17.1 Å². The maximum atomic E-state index is 13.4. The second-order valence-electron chi connectivity index (χ2n) is 15.1. The second-order valence-corrected chi connectivity index (χ2v) is 16.2. The van der Waals surface area contributed by atoms with Gasteiger partial charge in [0.25, 0.3) is 12.4 Å². The van der Waals surface area contributed by atoms with E-state index in [1.807, 2.05) is 53.7 Å². The number of hydrogen-bond donors (Lipinski definition) is 2. The molecule has 4 heterocycles. The molecule has 2 saturated heterocycles. The van der Waals surface area contributed by atoms with E-state index in [1.54, 1.807) is 0 Å². The van der Waals surface area contributed by atoms with E-state index in [1.165, 1.54) is 75.5 Å². The van der Waals surface area contributed by atoms with Gasteiger partial charge in [0, 0.05) is 43.0 Å². The van der Waals surface area contributed by atoms with Crippen molar-refractivity contribution in [1.29, 1.82) is 0 Å². The molecule has 1 unspecified atom stereocenters. The molecule has 2 aromatic heterocycles. The summed E-state index contributed by atoms with van der Waals surface area (Å²) in [7, 11) is 0. The number of nitrogens with one attached hydrogen (secondary N) is 1. The standard InChI is InChI=1S/C31H39N5O2S.C9H18.CH2O2/c1-31(2,3)27-14-13-26(39-27)29(37)34-25(30(38)36-17-7-8-18-36)19-22-9-11-23(12-10-22)28-32-20-24(21-33-28)35-15-5-4-6-16-35;1-2-6-9-7-4-3-5-8-9;2-1-3/h9-14,20-21,25H,4-8,15-19H2,1-3H3,(H,34,37);9H,2-8H2,1H3;1H,(H,2,3). The zero-order chi connectivity index (χ0) is 36.6. The quantitative estimate of drug-likeness (QED) is 0.213. The molecular formula is C41H59N5O4S. The van der Waals surface area contributed by atoms with Crippen LogP contribution in [0.4, 0.5) is 5.69 Å². The number of aromatic nitrogens is 2. The predicted octanol–water partition coefficient (Wildman–Crippen LogP) is 8.52. The summed E-state index contributed by atoms with van der Waals surface area (Å²) < 4.78 is 0. The van der Waals surface area contributed by atoms with Gasteiger partial charge in [-0.05, 0) is 61.1 Å². The van der Waals surface area contributed by atoms with Crippen molar-refractivity contribution in [3.63, 3.8) is 0 Å². The maximum absolute atomic E-state index is 13.4. The first-order valence-corrected chi connectivity index (χ1v) is 19.9. The summed E-state index contributed by atoms with van der Waals surface area (Å²) in [5.41, 5.74) is 2.98. The predicted molar refractivity (Wildman–Crippen MR) is 207 cm³/mol. The minimum absolute atomic E-state index is 0.00541. The molecule has 278 valence electrons. The first-order chi connectivity index (χ1) is 24.6. The van der Waals surface area contributed by atoms with Crippen molar-refractivity contribution in [2.24, 2.45) is 5.92 Å². The second kappa shape index (κ2) is 20.3. The molecule has 6 rings (SSSR count). The van der Waals surface area contributed by atoms with E-state index >= 15 is 0 Å². The number of likely N-dealkylation sites (tertiary alicyclic amines) is 1. The fourth-order valence-corrected chi connectivity index (χ4v) is 8.11. The summed E-state index contributed by atoms with van der Waals surface area (Å²) in [6.07, 6.45) is 20.5. The first kappa shape index (κ1) is 40.0. The summed E-state index contributed by atoms with van der Waals surface area (Å²) in [6.45, 7) is 12.1. The number of carbonyl (C=O) groups is 3. The van der Waals surface area contributed by atoms with Crippen molar-refractivity contribution in [3.05, 3.63) is 64.1 Å². The van der Waals surface area contributed by atoms with Gasteiger partial charge in [-0.15, -0.1) is 11.3 Å². The molecule has 10 heteroatoms. The molecule has 0 radical (unpaired) electrons. The molecule has 1 aromatic carbocycles. The Morgan fingerprint density at radius 1 is 0.902 bits per heavy atom. The van der Waals surface area contributed by atoms with Gasteiger partial charge in [-0.2, -0.15) is 0 Å². The zero-order valence-corrected chi connectivity index (χ0v) is 32.1. The van der Waals surface area contributed by atoms with Crippen LogP contribution < -0.4 is 10.2 Å². The Morgan fingerprint density at radius 2 is 1.49 bits per heavy atom. The van der Waals surface area contributed by atoms with Gasteiger partial charge in [-0.25, -0.2) is 9.97 Å². The van der Waals surface area contributed by atoms with Crippen molar-refractivity contribution in [1.82, 2.24) is 20.2 Å². The number of benzene rings is 1. The summed E-state index contributed by atoms with van der Waals surface area (Å²) in [5, 5.41) is 9.95. The van der Waals surface area contributed by atoms with Crippen LogP contribution in [-0.2, 0) is 21.4 Å². The Hall–Kier alpha value is -3.79. The molecule has 0 bridgehead atoms. The number of rotatable bonds is 9. The van der Waals surface area contributed by atoms with Crippen molar-refractivity contribution in [2.75, 3.05) is 31.1 Å². The number of hydrogen-bond acceptors (Lipinski definition) is 7. The van der Waals surface area contributed by atoms with Crippen molar-refractivity contribution < 1.29 is 19.5 Å². The molecule has 3 aromatic rings. The highest BCUT2D eigenvalue weighted by molar-refractivity contribution is 7.14. The Kier molecular flexibility index (Phi) is 15.9. The monoisotopic (exact) mass is 717 g/mol. The van der Waals surface area contributed by atoms with Crippen LogP contribution >= 0.6 is 11.3 Å². The molecule has 9 nitrogen and oxygen atoms in total. The van der Waals surface area contributed by atoms with E-state index in [4.69, 9.17) is 9.90 Å². The Labute approximate surface area is 309 Å². The molecule has 2 amide bonds. The maximum Gasteiger partial charge on any atom is 0.290 e. The third kappa shape index (κ3) is 12.4. The van der Waals surface area contributed by atoms with Gasteiger partial charge in [-0.3, -0.25) is 14.4 Å². The smallest absolute Gasteiger partial charge is 0.290 e. The average Bonchev–Trinajstić information content (AvgIpc) is 3.87. The van der Waals surface area contributed by atoms with Crippen LogP contribution in [0.2, 0.25) is 0 Å². The van der Waals surface area contributed by atoms with E-state index in [-0.39, 0.29) is 23.7 Å². The lowest BCUT2D eigenvalue weighted by Crippen LogP contribution is -2.48. The molecule has 3 fully saturated rings. The number of thiophene rings is 1. The SMILES string of the molecule is CC(C)(C)c1ccc(C(=O)NC(Cc2ccc(-c3ncc(N4CCCCC4)cn3)cc2)C(=O)N2CCCC2)s1.CCCC1CCCCC1.O=CO. The normalized spacial score (nSPS) is 17.0. The molecule has 1 aliphatic carbocycles. The average molecular weight is 718 g/mol. The molecule has 1 atom stereocenters. The largest absolute Gasteiger partial charge is 0.483 e. The number of anilines is 1. The van der Waals surface area contributed by atoms with Crippen LogP contribution in [0.1, 0.15) is 125 Å². The van der Waals surface area contributed by atoms with Crippen LogP contribution in [0.3, 0.4) is 0 Å². The van der Waals surface area contributed by atoms with Gasteiger partial charge in [0.2, 0.25) is 5.91 Å². The lowest BCUT2D eigenvalue weighted by Gasteiger charge is -2.28. The van der Waals surface area contributed by atoms with E-state index < -0.39 is 6.04 Å². The van der Waals surface area contributed by atoms with Crippen LogP contribution in [-0.4, -0.2) is 70.5 Å².